The zero-order valence-electron chi connectivity index (χ0n) is 16.7. The highest BCUT2D eigenvalue weighted by Crippen LogP contribution is 2.33. The molecular weight excluding hydrogens is 406 g/mol. The van der Waals surface area contributed by atoms with E-state index in [-0.39, 0.29) is 17.5 Å². The lowest BCUT2D eigenvalue weighted by molar-refractivity contribution is -0.115. The number of carbonyl (C=O) groups is 1. The van der Waals surface area contributed by atoms with Crippen molar-refractivity contribution in [2.45, 2.75) is 57.7 Å². The van der Waals surface area contributed by atoms with Gasteiger partial charge in [0.05, 0.1) is 17.3 Å². The first-order valence-electron chi connectivity index (χ1n) is 9.97. The van der Waals surface area contributed by atoms with Gasteiger partial charge in [0.15, 0.2) is 0 Å². The summed E-state index contributed by atoms with van der Waals surface area (Å²) in [6.07, 6.45) is 6.47. The van der Waals surface area contributed by atoms with Gasteiger partial charge in [0.2, 0.25) is 5.91 Å². The number of nitrogens with zero attached hydrogens (tertiary/aromatic N) is 3. The second-order valence-electron chi connectivity index (χ2n) is 7.51. The normalized spacial score (nSPS) is 13.8. The molecule has 0 bridgehead atoms. The maximum absolute atomic E-state index is 12.6. The number of amides is 1. The van der Waals surface area contributed by atoms with Crippen LogP contribution in [0, 0.1) is 0 Å². The van der Waals surface area contributed by atoms with E-state index in [4.69, 9.17) is 0 Å². The van der Waals surface area contributed by atoms with Gasteiger partial charge in [-0.25, -0.2) is 9.67 Å². The van der Waals surface area contributed by atoms with Crippen molar-refractivity contribution in [3.8, 4) is 0 Å². The largest absolute Gasteiger partial charge is 0.311 e. The van der Waals surface area contributed by atoms with Gasteiger partial charge in [0.25, 0.3) is 5.56 Å². The fourth-order valence-corrected chi connectivity index (χ4v) is 5.73. The van der Waals surface area contributed by atoms with Crippen LogP contribution >= 0.6 is 23.1 Å². The van der Waals surface area contributed by atoms with Crippen LogP contribution in [0.5, 0.6) is 0 Å². The molecule has 0 aliphatic heterocycles. The Bertz CT molecular complexity index is 1080. The predicted molar refractivity (Wildman–Crippen MR) is 119 cm³/mol. The zero-order valence-corrected chi connectivity index (χ0v) is 18.3. The minimum Gasteiger partial charge on any atom is -0.311 e. The Morgan fingerprint density at radius 1 is 1.38 bits per heavy atom. The van der Waals surface area contributed by atoms with Gasteiger partial charge in [0.1, 0.15) is 16.5 Å². The molecule has 0 saturated carbocycles. The van der Waals surface area contributed by atoms with Crippen molar-refractivity contribution >= 4 is 45.0 Å². The van der Waals surface area contributed by atoms with E-state index in [0.29, 0.717) is 29.6 Å². The van der Waals surface area contributed by atoms with Crippen LogP contribution in [0.1, 0.15) is 55.4 Å². The van der Waals surface area contributed by atoms with E-state index < -0.39 is 0 Å². The molecule has 0 unspecified atom stereocenters. The highest BCUT2D eigenvalue weighted by atomic mass is 32.2. The third-order valence-corrected chi connectivity index (χ3v) is 7.17. The molecule has 0 saturated heterocycles. The molecule has 29 heavy (non-hydrogen) atoms. The monoisotopic (exact) mass is 431 g/mol. The predicted octanol–water partition coefficient (Wildman–Crippen LogP) is 3.90. The zero-order chi connectivity index (χ0) is 20.4. The van der Waals surface area contributed by atoms with Crippen LogP contribution in [-0.4, -0.2) is 31.4 Å². The van der Waals surface area contributed by atoms with Crippen LogP contribution in [0.4, 0.5) is 5.82 Å². The van der Waals surface area contributed by atoms with E-state index in [1.165, 1.54) is 16.9 Å². The van der Waals surface area contributed by atoms with Crippen LogP contribution in [0.2, 0.25) is 0 Å². The first-order chi connectivity index (χ1) is 14.0. The summed E-state index contributed by atoms with van der Waals surface area (Å²) >= 11 is 3.26. The number of aromatic nitrogens is 4. The van der Waals surface area contributed by atoms with Gasteiger partial charge < -0.3 is 10.3 Å². The van der Waals surface area contributed by atoms with Crippen LogP contribution in [0.15, 0.2) is 17.1 Å². The first kappa shape index (κ1) is 20.2. The molecule has 1 aliphatic carbocycles. The number of hydrogen-bond acceptors (Lipinski definition) is 6. The number of aromatic amines is 1. The number of thiophene rings is 1. The molecule has 0 radical (unpaired) electrons. The number of anilines is 1. The number of thioether (sulfide) groups is 1. The number of rotatable bonds is 7. The second-order valence-corrected chi connectivity index (χ2v) is 9.70. The summed E-state index contributed by atoms with van der Waals surface area (Å²) < 4.78 is 1.79. The number of hydrogen-bond donors (Lipinski definition) is 2. The molecular formula is C20H25N5O2S2. The standard InChI is InChI=1S/C20H25N5O2S2/c1-12(2)25-16(7-9-21-25)24-17(26)8-10-28-11-15-22-19(27)18-13-5-3-4-6-14(13)29-20(18)23-15/h7,9,12H,3-6,8,10-11H2,1-2H3,(H,24,26)(H,22,23,27). The highest BCUT2D eigenvalue weighted by Gasteiger charge is 2.19. The van der Waals surface area contributed by atoms with Gasteiger partial charge in [-0.1, -0.05) is 0 Å². The van der Waals surface area contributed by atoms with E-state index >= 15 is 0 Å². The summed E-state index contributed by atoms with van der Waals surface area (Å²) in [7, 11) is 0. The summed E-state index contributed by atoms with van der Waals surface area (Å²) in [6.45, 7) is 4.04. The molecule has 0 fully saturated rings. The highest BCUT2D eigenvalue weighted by molar-refractivity contribution is 7.98. The van der Waals surface area contributed by atoms with Crippen molar-refractivity contribution in [2.24, 2.45) is 0 Å². The van der Waals surface area contributed by atoms with Crippen LogP contribution in [0.3, 0.4) is 0 Å². The van der Waals surface area contributed by atoms with E-state index in [0.717, 1.165) is 29.5 Å². The van der Waals surface area contributed by atoms with Crippen LogP contribution in [0.25, 0.3) is 10.2 Å². The lowest BCUT2D eigenvalue weighted by Crippen LogP contribution is -2.17. The van der Waals surface area contributed by atoms with Crippen molar-refractivity contribution in [3.63, 3.8) is 0 Å². The fraction of sp³-hybridized carbons (Fsp3) is 0.500. The number of carbonyl (C=O) groups excluding carboxylic acids is 1. The number of fused-ring (bicyclic) bond motifs is 3. The third kappa shape index (κ3) is 4.40. The maximum Gasteiger partial charge on any atom is 0.259 e. The molecule has 0 atom stereocenters. The van der Waals surface area contributed by atoms with E-state index in [1.807, 2.05) is 13.8 Å². The molecule has 4 rings (SSSR count). The Hall–Kier alpha value is -2.13. The maximum atomic E-state index is 12.6. The Morgan fingerprint density at radius 2 is 2.21 bits per heavy atom. The van der Waals surface area contributed by atoms with Crippen molar-refractivity contribution < 1.29 is 4.79 Å². The fourth-order valence-electron chi connectivity index (χ4n) is 3.64. The molecule has 2 N–H and O–H groups in total. The van der Waals surface area contributed by atoms with E-state index in [2.05, 4.69) is 20.4 Å². The van der Waals surface area contributed by atoms with Crippen molar-refractivity contribution in [3.05, 3.63) is 38.9 Å². The lowest BCUT2D eigenvalue weighted by Gasteiger charge is -2.11. The van der Waals surface area contributed by atoms with Crippen molar-refractivity contribution in [1.29, 1.82) is 0 Å². The van der Waals surface area contributed by atoms with Crippen molar-refractivity contribution in [2.75, 3.05) is 11.1 Å². The Kier molecular flexibility index (Phi) is 6.05. The van der Waals surface area contributed by atoms with Gasteiger partial charge >= 0.3 is 0 Å². The Balaban J connectivity index is 1.32. The molecule has 1 amide bonds. The molecule has 7 nitrogen and oxygen atoms in total. The molecule has 3 aromatic rings. The second kappa shape index (κ2) is 8.71. The molecule has 0 aromatic carbocycles. The number of aryl methyl sites for hydroxylation is 2. The molecule has 1 aliphatic rings. The van der Waals surface area contributed by atoms with Crippen LogP contribution < -0.4 is 10.9 Å². The summed E-state index contributed by atoms with van der Waals surface area (Å²) in [5, 5.41) is 7.92. The van der Waals surface area contributed by atoms with Gasteiger partial charge in [-0.15, -0.1) is 11.3 Å². The summed E-state index contributed by atoms with van der Waals surface area (Å²) in [6, 6.07) is 1.99. The topological polar surface area (TPSA) is 92.7 Å². The number of H-pyrrole nitrogens is 1. The molecule has 154 valence electrons. The smallest absolute Gasteiger partial charge is 0.259 e. The number of nitrogens with one attached hydrogen (secondary N) is 2. The molecule has 0 spiro atoms. The van der Waals surface area contributed by atoms with Gasteiger partial charge in [-0.05, 0) is 45.1 Å². The third-order valence-electron chi connectivity index (χ3n) is 5.01. The summed E-state index contributed by atoms with van der Waals surface area (Å²) in [5.41, 5.74) is 1.19. The van der Waals surface area contributed by atoms with Gasteiger partial charge in [0, 0.05) is 29.2 Å². The van der Waals surface area contributed by atoms with E-state index in [1.54, 1.807) is 40.0 Å². The minimum atomic E-state index is -0.0391. The van der Waals surface area contributed by atoms with Crippen LogP contribution in [-0.2, 0) is 23.4 Å². The summed E-state index contributed by atoms with van der Waals surface area (Å²) in [4.78, 5) is 34.6. The van der Waals surface area contributed by atoms with Gasteiger partial charge in [-0.2, -0.15) is 16.9 Å². The first-order valence-corrected chi connectivity index (χ1v) is 11.9. The Morgan fingerprint density at radius 3 is 3.03 bits per heavy atom. The summed E-state index contributed by atoms with van der Waals surface area (Å²) in [5.74, 6) is 2.61. The molecule has 3 aromatic heterocycles. The Labute approximate surface area is 177 Å². The molecule has 3 heterocycles. The molecule has 9 heteroatoms. The van der Waals surface area contributed by atoms with E-state index in [9.17, 15) is 9.59 Å². The quantitative estimate of drug-likeness (QED) is 0.554. The average molecular weight is 432 g/mol. The SMILES string of the molecule is CC(C)n1nccc1NC(=O)CCSCc1nc2sc3c(c2c(=O)[nH]1)CCCC3. The van der Waals surface area contributed by atoms with Gasteiger partial charge in [-0.3, -0.25) is 9.59 Å². The lowest BCUT2D eigenvalue weighted by atomic mass is 9.97. The minimum absolute atomic E-state index is 0.0234. The van der Waals surface area contributed by atoms with Crippen molar-refractivity contribution in [1.82, 2.24) is 19.7 Å². The average Bonchev–Trinajstić information content (AvgIpc) is 3.29.